The molecular formula is C23H22N6O4S. The van der Waals surface area contributed by atoms with Crippen molar-refractivity contribution in [3.63, 3.8) is 0 Å². The Hall–Kier alpha value is -4.17. The lowest BCUT2D eigenvalue weighted by molar-refractivity contribution is -0.126. The van der Waals surface area contributed by atoms with Crippen LogP contribution in [0, 0.1) is 18.3 Å². The maximum Gasteiger partial charge on any atom is 0.266 e. The second kappa shape index (κ2) is 9.36. The second-order valence-electron chi connectivity index (χ2n) is 7.58. The molecule has 0 bridgehead atoms. The monoisotopic (exact) mass is 478 g/mol. The fraction of sp³-hybridized carbons (Fsp3) is 0.217. The van der Waals surface area contributed by atoms with Crippen molar-refractivity contribution in [2.24, 2.45) is 0 Å². The molecule has 1 saturated heterocycles. The molecule has 0 spiro atoms. The number of benzene rings is 2. The molecule has 10 nitrogen and oxygen atoms in total. The lowest BCUT2D eigenvalue weighted by atomic mass is 10.2. The highest BCUT2D eigenvalue weighted by atomic mass is 32.2. The number of methoxy groups -OCH3 is 1. The Morgan fingerprint density at radius 2 is 1.76 bits per heavy atom. The number of hydrogen-bond donors (Lipinski definition) is 1. The fourth-order valence-corrected chi connectivity index (χ4v) is 4.87. The summed E-state index contributed by atoms with van der Waals surface area (Å²) in [6.07, 6.45) is 0. The summed E-state index contributed by atoms with van der Waals surface area (Å²) in [7, 11) is -2.49. The van der Waals surface area contributed by atoms with Crippen LogP contribution < -0.4 is 15.0 Å². The van der Waals surface area contributed by atoms with Crippen molar-refractivity contribution in [1.29, 1.82) is 5.26 Å². The quantitative estimate of drug-likeness (QED) is 0.568. The second-order valence-corrected chi connectivity index (χ2v) is 9.44. The molecule has 0 saturated carbocycles. The highest BCUT2D eigenvalue weighted by Gasteiger charge is 2.35. The van der Waals surface area contributed by atoms with Gasteiger partial charge in [0.25, 0.3) is 15.9 Å². The van der Waals surface area contributed by atoms with Crippen LogP contribution in [0.2, 0.25) is 0 Å². The summed E-state index contributed by atoms with van der Waals surface area (Å²) in [5, 5.41) is 12.1. The number of nitriles is 1. The molecule has 0 unspecified atom stereocenters. The summed E-state index contributed by atoms with van der Waals surface area (Å²) >= 11 is 0. The molecule has 0 atom stereocenters. The van der Waals surface area contributed by atoms with Crippen LogP contribution in [0.4, 0.5) is 17.5 Å². The Kier molecular flexibility index (Phi) is 6.34. The molecule has 2 aromatic carbocycles. The zero-order valence-corrected chi connectivity index (χ0v) is 19.4. The summed E-state index contributed by atoms with van der Waals surface area (Å²) in [6.45, 7) is 1.86. The first-order valence-corrected chi connectivity index (χ1v) is 11.8. The smallest absolute Gasteiger partial charge is 0.266 e. The number of amides is 1. The van der Waals surface area contributed by atoms with Gasteiger partial charge in [-0.1, -0.05) is 0 Å². The van der Waals surface area contributed by atoms with Gasteiger partial charge in [-0.25, -0.2) is 17.7 Å². The van der Waals surface area contributed by atoms with Crippen LogP contribution in [0.15, 0.2) is 59.5 Å². The molecule has 0 radical (unpaired) electrons. The zero-order chi connectivity index (χ0) is 24.3. The van der Waals surface area contributed by atoms with Gasteiger partial charge < -0.3 is 15.0 Å². The molecular weight excluding hydrogens is 456 g/mol. The minimum atomic E-state index is -3.98. The van der Waals surface area contributed by atoms with E-state index in [-0.39, 0.29) is 24.5 Å². The fourth-order valence-electron chi connectivity index (χ4n) is 3.49. The highest BCUT2D eigenvalue weighted by molar-refractivity contribution is 7.89. The molecule has 1 amide bonds. The van der Waals surface area contributed by atoms with Gasteiger partial charge in [0.1, 0.15) is 18.1 Å². The summed E-state index contributed by atoms with van der Waals surface area (Å²) in [5.74, 6) is 0.810. The molecule has 1 aromatic heterocycles. The molecule has 1 N–H and O–H groups in total. The Morgan fingerprint density at radius 1 is 1.06 bits per heavy atom. The third kappa shape index (κ3) is 4.77. The summed E-state index contributed by atoms with van der Waals surface area (Å²) in [4.78, 5) is 23.4. The molecule has 1 fully saturated rings. The van der Waals surface area contributed by atoms with E-state index in [2.05, 4.69) is 21.4 Å². The molecule has 4 rings (SSSR count). The van der Waals surface area contributed by atoms with Crippen molar-refractivity contribution in [2.75, 3.05) is 37.0 Å². The topological polar surface area (TPSA) is 129 Å². The predicted octanol–water partition coefficient (Wildman–Crippen LogP) is 2.45. The zero-order valence-electron chi connectivity index (χ0n) is 18.6. The predicted molar refractivity (Wildman–Crippen MR) is 125 cm³/mol. The average molecular weight is 479 g/mol. The van der Waals surface area contributed by atoms with Gasteiger partial charge in [-0.2, -0.15) is 10.2 Å². The van der Waals surface area contributed by atoms with Gasteiger partial charge in [0.2, 0.25) is 5.95 Å². The van der Waals surface area contributed by atoms with E-state index in [0.29, 0.717) is 28.8 Å². The van der Waals surface area contributed by atoms with E-state index in [1.165, 1.54) is 31.4 Å². The number of carbonyl (C=O) groups excluding carboxylic acids is 1. The van der Waals surface area contributed by atoms with Gasteiger partial charge >= 0.3 is 0 Å². The number of anilines is 3. The van der Waals surface area contributed by atoms with E-state index in [0.717, 1.165) is 9.99 Å². The molecule has 3 aromatic rings. The van der Waals surface area contributed by atoms with Gasteiger partial charge in [0.15, 0.2) is 0 Å². The van der Waals surface area contributed by atoms with Crippen LogP contribution >= 0.6 is 0 Å². The number of nitrogens with zero attached hydrogens (tertiary/aromatic N) is 5. The number of rotatable bonds is 6. The normalized spacial score (nSPS) is 14.0. The van der Waals surface area contributed by atoms with Crippen molar-refractivity contribution < 1.29 is 17.9 Å². The number of piperazine rings is 1. The molecule has 0 aliphatic carbocycles. The molecule has 1 aliphatic rings. The number of nitrogens with one attached hydrogen (secondary N) is 1. The highest BCUT2D eigenvalue weighted by Crippen LogP contribution is 2.24. The number of sulfonamides is 1. The van der Waals surface area contributed by atoms with E-state index in [1.54, 1.807) is 42.2 Å². The Labute approximate surface area is 197 Å². The third-order valence-corrected chi connectivity index (χ3v) is 7.07. The van der Waals surface area contributed by atoms with Crippen LogP contribution in [-0.4, -0.2) is 55.3 Å². The molecule has 1 aliphatic heterocycles. The number of carbonyl (C=O) groups is 1. The minimum absolute atomic E-state index is 0.0239. The van der Waals surface area contributed by atoms with Crippen molar-refractivity contribution in [2.45, 2.75) is 11.8 Å². The lowest BCUT2D eigenvalue weighted by Gasteiger charge is -2.33. The largest absolute Gasteiger partial charge is 0.497 e. The number of ether oxygens (including phenoxy) is 1. The van der Waals surface area contributed by atoms with E-state index in [1.807, 2.05) is 0 Å². The van der Waals surface area contributed by atoms with Crippen molar-refractivity contribution in [3.05, 3.63) is 65.9 Å². The molecule has 2 heterocycles. The van der Waals surface area contributed by atoms with E-state index in [4.69, 9.17) is 10.00 Å². The summed E-state index contributed by atoms with van der Waals surface area (Å²) in [6, 6.07) is 16.7. The Bertz CT molecular complexity index is 1350. The van der Waals surface area contributed by atoms with Crippen LogP contribution in [-0.2, 0) is 14.8 Å². The van der Waals surface area contributed by atoms with Crippen LogP contribution in [0.25, 0.3) is 0 Å². The first-order valence-electron chi connectivity index (χ1n) is 10.4. The van der Waals surface area contributed by atoms with Gasteiger partial charge in [-0.05, 0) is 55.5 Å². The van der Waals surface area contributed by atoms with Crippen molar-refractivity contribution >= 4 is 33.4 Å². The van der Waals surface area contributed by atoms with Gasteiger partial charge in [0.05, 0.1) is 30.2 Å². The van der Waals surface area contributed by atoms with E-state index < -0.39 is 15.9 Å². The van der Waals surface area contributed by atoms with Gasteiger partial charge in [0, 0.05) is 24.0 Å². The van der Waals surface area contributed by atoms with Crippen molar-refractivity contribution in [1.82, 2.24) is 14.3 Å². The first-order chi connectivity index (χ1) is 16.3. The number of aromatic nitrogens is 2. The molecule has 174 valence electrons. The maximum absolute atomic E-state index is 13.0. The average Bonchev–Trinajstić information content (AvgIpc) is 2.84. The Balaban J connectivity index is 1.50. The first kappa shape index (κ1) is 23.0. The van der Waals surface area contributed by atoms with Gasteiger partial charge in [-0.15, -0.1) is 0 Å². The standard InChI is InChI=1S/C23H22N6O4S/c1-16-13-21(26-18-5-3-17(14-24)4-6-18)27-23(25-16)28-11-12-29(22(30)15-28)34(31,32)20-9-7-19(33-2)8-10-20/h3-10,13H,11-12,15H2,1-2H3,(H,25,26,27). The van der Waals surface area contributed by atoms with Crippen LogP contribution in [0.1, 0.15) is 11.3 Å². The minimum Gasteiger partial charge on any atom is -0.497 e. The van der Waals surface area contributed by atoms with E-state index in [9.17, 15) is 13.2 Å². The lowest BCUT2D eigenvalue weighted by Crippen LogP contribution is -2.53. The maximum atomic E-state index is 13.0. The molecule has 34 heavy (non-hydrogen) atoms. The third-order valence-electron chi connectivity index (χ3n) is 5.24. The van der Waals surface area contributed by atoms with Crippen molar-refractivity contribution in [3.8, 4) is 11.8 Å². The molecule has 11 heteroatoms. The van der Waals surface area contributed by atoms with Crippen LogP contribution in [0.5, 0.6) is 5.75 Å². The summed E-state index contributed by atoms with van der Waals surface area (Å²) in [5.41, 5.74) is 1.97. The number of aryl methyl sites for hydroxylation is 1. The Morgan fingerprint density at radius 3 is 2.38 bits per heavy atom. The SMILES string of the molecule is COc1ccc(S(=O)(=O)N2CCN(c3nc(C)cc(Nc4ccc(C#N)cc4)n3)CC2=O)cc1. The number of hydrogen-bond acceptors (Lipinski definition) is 9. The van der Waals surface area contributed by atoms with E-state index >= 15 is 0 Å². The summed E-state index contributed by atoms with van der Waals surface area (Å²) < 4.78 is 31.9. The van der Waals surface area contributed by atoms with Gasteiger partial charge in [-0.3, -0.25) is 4.79 Å². The van der Waals surface area contributed by atoms with Crippen LogP contribution in [0.3, 0.4) is 0 Å².